The summed E-state index contributed by atoms with van der Waals surface area (Å²) in [6.45, 7) is 2.94. The van der Waals surface area contributed by atoms with E-state index in [2.05, 4.69) is 15.5 Å². The average Bonchev–Trinajstić information content (AvgIpc) is 3.04. The number of rotatable bonds is 7. The van der Waals surface area contributed by atoms with Crippen molar-refractivity contribution in [3.63, 3.8) is 0 Å². The number of nitrogens with one attached hydrogen (secondary N) is 1. The minimum absolute atomic E-state index is 0.0299. The Labute approximate surface area is 149 Å². The van der Waals surface area contributed by atoms with Gasteiger partial charge in [0, 0.05) is 31.5 Å². The minimum Gasteiger partial charge on any atom is -0.493 e. The normalized spacial score (nSPS) is 10.8. The first-order valence-corrected chi connectivity index (χ1v) is 8.40. The van der Waals surface area contributed by atoms with E-state index in [4.69, 9.17) is 9.15 Å². The van der Waals surface area contributed by atoms with Gasteiger partial charge in [-0.05, 0) is 24.6 Å². The Morgan fingerprint density at radius 3 is 2.92 bits per heavy atom. The summed E-state index contributed by atoms with van der Waals surface area (Å²) in [5.74, 6) is 0.896. The molecule has 3 aromatic rings. The van der Waals surface area contributed by atoms with Crippen LogP contribution in [0.25, 0.3) is 11.0 Å². The van der Waals surface area contributed by atoms with Gasteiger partial charge in [0.15, 0.2) is 0 Å². The lowest BCUT2D eigenvalue weighted by atomic mass is 10.1. The molecule has 2 heterocycles. The summed E-state index contributed by atoms with van der Waals surface area (Å²) in [5, 5.41) is 11.1. The van der Waals surface area contributed by atoms with Gasteiger partial charge in [0.05, 0.1) is 6.61 Å². The number of hydrogen-bond donors (Lipinski definition) is 1. The van der Waals surface area contributed by atoms with Gasteiger partial charge in [0.2, 0.25) is 0 Å². The highest BCUT2D eigenvalue weighted by Crippen LogP contribution is 2.20. The first kappa shape index (κ1) is 17.7. The van der Waals surface area contributed by atoms with Gasteiger partial charge in [-0.25, -0.2) is 4.79 Å². The topological polar surface area (TPSA) is 99.2 Å². The first-order valence-electron chi connectivity index (χ1n) is 8.40. The average molecular weight is 356 g/mol. The molecule has 0 aliphatic rings. The highest BCUT2D eigenvalue weighted by molar-refractivity contribution is 5.96. The Bertz CT molecular complexity index is 977. The number of benzene rings is 1. The van der Waals surface area contributed by atoms with Crippen molar-refractivity contribution in [3.8, 4) is 5.75 Å². The highest BCUT2D eigenvalue weighted by atomic mass is 16.5. The van der Waals surface area contributed by atoms with Crippen molar-refractivity contribution >= 4 is 16.9 Å². The smallest absolute Gasteiger partial charge is 0.349 e. The summed E-state index contributed by atoms with van der Waals surface area (Å²) in [7, 11) is 1.83. The van der Waals surface area contributed by atoms with Crippen molar-refractivity contribution in [2.45, 2.75) is 19.8 Å². The molecule has 0 atom stereocenters. The van der Waals surface area contributed by atoms with Gasteiger partial charge in [-0.1, -0.05) is 6.92 Å². The maximum absolute atomic E-state index is 12.3. The van der Waals surface area contributed by atoms with Crippen LogP contribution >= 0.6 is 0 Å². The molecule has 8 nitrogen and oxygen atoms in total. The van der Waals surface area contributed by atoms with Crippen LogP contribution in [0.4, 0.5) is 0 Å². The molecule has 1 amide bonds. The molecular formula is C18H20N4O4. The molecule has 0 spiro atoms. The quantitative estimate of drug-likeness (QED) is 0.647. The van der Waals surface area contributed by atoms with E-state index in [1.807, 2.05) is 14.0 Å². The summed E-state index contributed by atoms with van der Waals surface area (Å²) in [6.07, 6.45) is 2.99. The second-order valence-corrected chi connectivity index (χ2v) is 5.86. The van der Waals surface area contributed by atoms with E-state index in [0.29, 0.717) is 36.3 Å². The van der Waals surface area contributed by atoms with E-state index >= 15 is 0 Å². The number of aromatic nitrogens is 3. The predicted octanol–water partition coefficient (Wildman–Crippen LogP) is 1.68. The van der Waals surface area contributed by atoms with Gasteiger partial charge >= 0.3 is 5.63 Å². The van der Waals surface area contributed by atoms with Crippen LogP contribution in [0.3, 0.4) is 0 Å². The molecule has 2 aromatic heterocycles. The van der Waals surface area contributed by atoms with Crippen molar-refractivity contribution in [2.24, 2.45) is 7.05 Å². The maximum atomic E-state index is 12.3. The number of carbonyl (C=O) groups excluding carboxylic acids is 1. The fourth-order valence-electron chi connectivity index (χ4n) is 2.48. The standard InChI is InChI=1S/C18H20N4O4/c1-3-8-25-13-5-4-12-9-14(18(24)26-15(12)10-13)17(23)19-7-6-16-21-20-11-22(16)2/h4-5,9-11H,3,6-8H2,1-2H3,(H,19,23). The molecule has 0 unspecified atom stereocenters. The van der Waals surface area contributed by atoms with Crippen LogP contribution in [0, 0.1) is 0 Å². The van der Waals surface area contributed by atoms with Crippen molar-refractivity contribution < 1.29 is 13.9 Å². The van der Waals surface area contributed by atoms with Crippen LogP contribution in [0.2, 0.25) is 0 Å². The van der Waals surface area contributed by atoms with Crippen LogP contribution < -0.4 is 15.7 Å². The van der Waals surface area contributed by atoms with Crippen LogP contribution in [-0.4, -0.2) is 33.8 Å². The Morgan fingerprint density at radius 1 is 1.35 bits per heavy atom. The first-order chi connectivity index (χ1) is 12.6. The summed E-state index contributed by atoms with van der Waals surface area (Å²) >= 11 is 0. The molecule has 136 valence electrons. The Kier molecular flexibility index (Phi) is 5.31. The van der Waals surface area contributed by atoms with Gasteiger partial charge in [-0.3, -0.25) is 4.79 Å². The monoisotopic (exact) mass is 356 g/mol. The summed E-state index contributed by atoms with van der Waals surface area (Å²) in [6, 6.07) is 6.73. The number of ether oxygens (including phenoxy) is 1. The molecule has 0 bridgehead atoms. The van der Waals surface area contributed by atoms with Crippen LogP contribution in [-0.2, 0) is 13.5 Å². The van der Waals surface area contributed by atoms with Gasteiger partial charge < -0.3 is 19.0 Å². The number of nitrogens with zero attached hydrogens (tertiary/aromatic N) is 3. The number of fused-ring (bicyclic) bond motifs is 1. The third-order valence-electron chi connectivity index (χ3n) is 3.86. The highest BCUT2D eigenvalue weighted by Gasteiger charge is 2.14. The molecule has 0 aliphatic heterocycles. The van der Waals surface area contributed by atoms with E-state index in [0.717, 1.165) is 12.2 Å². The third kappa shape index (κ3) is 3.90. The van der Waals surface area contributed by atoms with E-state index in [-0.39, 0.29) is 5.56 Å². The molecular weight excluding hydrogens is 336 g/mol. The predicted molar refractivity (Wildman–Crippen MR) is 95.3 cm³/mol. The summed E-state index contributed by atoms with van der Waals surface area (Å²) in [5.41, 5.74) is -0.321. The SMILES string of the molecule is CCCOc1ccc2cc(C(=O)NCCc3nncn3C)c(=O)oc2c1. The lowest BCUT2D eigenvalue weighted by Crippen LogP contribution is -2.30. The molecule has 0 saturated carbocycles. The lowest BCUT2D eigenvalue weighted by molar-refractivity contribution is 0.0950. The molecule has 3 rings (SSSR count). The minimum atomic E-state index is -0.679. The van der Waals surface area contributed by atoms with Crippen LogP contribution in [0.1, 0.15) is 29.5 Å². The fraction of sp³-hybridized carbons (Fsp3) is 0.333. The largest absolute Gasteiger partial charge is 0.493 e. The second kappa shape index (κ2) is 7.81. The number of carbonyl (C=O) groups is 1. The van der Waals surface area contributed by atoms with E-state index < -0.39 is 11.5 Å². The number of aryl methyl sites for hydroxylation is 1. The summed E-state index contributed by atoms with van der Waals surface area (Å²) in [4.78, 5) is 24.4. The van der Waals surface area contributed by atoms with Crippen molar-refractivity contribution in [3.05, 3.63) is 52.4 Å². The van der Waals surface area contributed by atoms with Crippen molar-refractivity contribution in [2.75, 3.05) is 13.2 Å². The third-order valence-corrected chi connectivity index (χ3v) is 3.86. The van der Waals surface area contributed by atoms with E-state index in [9.17, 15) is 9.59 Å². The van der Waals surface area contributed by atoms with E-state index in [1.54, 1.807) is 29.1 Å². The van der Waals surface area contributed by atoms with Crippen LogP contribution in [0.15, 0.2) is 39.8 Å². The van der Waals surface area contributed by atoms with Gasteiger partial charge in [0.1, 0.15) is 29.0 Å². The second-order valence-electron chi connectivity index (χ2n) is 5.86. The Morgan fingerprint density at radius 2 is 2.19 bits per heavy atom. The molecule has 8 heteroatoms. The summed E-state index contributed by atoms with van der Waals surface area (Å²) < 4.78 is 12.6. The molecule has 1 aromatic carbocycles. The van der Waals surface area contributed by atoms with Gasteiger partial charge in [-0.15, -0.1) is 10.2 Å². The zero-order chi connectivity index (χ0) is 18.5. The Balaban J connectivity index is 1.72. The van der Waals surface area contributed by atoms with Gasteiger partial charge in [0.25, 0.3) is 5.91 Å². The molecule has 0 fully saturated rings. The van der Waals surface area contributed by atoms with E-state index in [1.165, 1.54) is 6.07 Å². The maximum Gasteiger partial charge on any atom is 0.349 e. The van der Waals surface area contributed by atoms with Crippen LogP contribution in [0.5, 0.6) is 5.75 Å². The zero-order valence-corrected chi connectivity index (χ0v) is 14.7. The van der Waals surface area contributed by atoms with Crippen molar-refractivity contribution in [1.82, 2.24) is 20.1 Å². The Hall–Kier alpha value is -3.16. The number of hydrogen-bond acceptors (Lipinski definition) is 6. The molecule has 26 heavy (non-hydrogen) atoms. The van der Waals surface area contributed by atoms with Gasteiger partial charge in [-0.2, -0.15) is 0 Å². The fourth-order valence-corrected chi connectivity index (χ4v) is 2.48. The molecule has 0 saturated heterocycles. The molecule has 1 N–H and O–H groups in total. The lowest BCUT2D eigenvalue weighted by Gasteiger charge is -2.07. The van der Waals surface area contributed by atoms with Crippen molar-refractivity contribution in [1.29, 1.82) is 0 Å². The zero-order valence-electron chi connectivity index (χ0n) is 14.7. The molecule has 0 aliphatic carbocycles. The molecule has 0 radical (unpaired) electrons. The number of amides is 1.